The first-order chi connectivity index (χ1) is 7.43. The Morgan fingerprint density at radius 2 is 1.93 bits per heavy atom. The number of hydrogen-bond acceptors (Lipinski definition) is 3. The molecular weight excluding hydrogens is 188 g/mol. The zero-order valence-corrected chi connectivity index (χ0v) is 7.91. The maximum absolute atomic E-state index is 4.37. The molecule has 0 aliphatic heterocycles. The predicted molar refractivity (Wildman–Crippen MR) is 56.2 cm³/mol. The summed E-state index contributed by atoms with van der Waals surface area (Å²) < 4.78 is 1.86. The maximum atomic E-state index is 4.37. The summed E-state index contributed by atoms with van der Waals surface area (Å²) in [7, 11) is 0. The van der Waals surface area contributed by atoms with E-state index in [4.69, 9.17) is 0 Å². The van der Waals surface area contributed by atoms with Crippen molar-refractivity contribution >= 4 is 5.78 Å². The highest BCUT2D eigenvalue weighted by atomic mass is 15.2. The molecule has 15 heavy (non-hydrogen) atoms. The zero-order valence-electron chi connectivity index (χ0n) is 7.91. The van der Waals surface area contributed by atoms with Crippen LogP contribution in [0.15, 0.2) is 48.9 Å². The van der Waals surface area contributed by atoms with Crippen LogP contribution in [0.5, 0.6) is 0 Å². The smallest absolute Gasteiger partial charge is 0.254 e. The van der Waals surface area contributed by atoms with Crippen molar-refractivity contribution in [3.05, 3.63) is 48.9 Å². The molecule has 3 aromatic rings. The summed E-state index contributed by atoms with van der Waals surface area (Å²) in [5, 5.41) is 7.72. The molecule has 0 amide bonds. The monoisotopic (exact) mass is 196 g/mol. The maximum Gasteiger partial charge on any atom is 0.254 e. The fourth-order valence-corrected chi connectivity index (χ4v) is 1.50. The van der Waals surface area contributed by atoms with Gasteiger partial charge in [0, 0.05) is 18.0 Å². The molecule has 0 spiro atoms. The number of benzene rings is 1. The molecule has 0 N–H and O–H groups in total. The van der Waals surface area contributed by atoms with Crippen molar-refractivity contribution in [3.8, 4) is 11.3 Å². The van der Waals surface area contributed by atoms with Crippen molar-refractivity contribution in [2.24, 2.45) is 0 Å². The van der Waals surface area contributed by atoms with E-state index < -0.39 is 0 Å². The standard InChI is InChI=1S/C11H8N4/c1-2-4-9(5-3-1)10-8-15-7-6-12-14-11(15)13-10/h1-8H. The van der Waals surface area contributed by atoms with Gasteiger partial charge in [0.15, 0.2) is 0 Å². The van der Waals surface area contributed by atoms with Gasteiger partial charge in [-0.15, -0.1) is 5.10 Å². The summed E-state index contributed by atoms with van der Waals surface area (Å²) >= 11 is 0. The number of rotatable bonds is 1. The Hall–Kier alpha value is -2.23. The van der Waals surface area contributed by atoms with E-state index in [9.17, 15) is 0 Å². The topological polar surface area (TPSA) is 43.1 Å². The minimum atomic E-state index is 0.622. The summed E-state index contributed by atoms with van der Waals surface area (Å²) in [4.78, 5) is 4.37. The van der Waals surface area contributed by atoms with E-state index in [0.717, 1.165) is 11.3 Å². The van der Waals surface area contributed by atoms with Gasteiger partial charge in [0.2, 0.25) is 0 Å². The molecule has 3 rings (SSSR count). The van der Waals surface area contributed by atoms with Gasteiger partial charge >= 0.3 is 0 Å². The molecule has 72 valence electrons. The van der Waals surface area contributed by atoms with Crippen LogP contribution in [0.3, 0.4) is 0 Å². The molecule has 1 aromatic carbocycles. The SMILES string of the molecule is c1ccc(-c2cn3ccnnc3n2)cc1. The third-order valence-corrected chi connectivity index (χ3v) is 2.22. The van der Waals surface area contributed by atoms with Gasteiger partial charge in [-0.1, -0.05) is 30.3 Å². The lowest BCUT2D eigenvalue weighted by Gasteiger charge is -1.92. The van der Waals surface area contributed by atoms with Crippen molar-refractivity contribution in [2.45, 2.75) is 0 Å². The van der Waals surface area contributed by atoms with Crippen LogP contribution in [0.25, 0.3) is 17.0 Å². The van der Waals surface area contributed by atoms with Crippen molar-refractivity contribution in [2.75, 3.05) is 0 Å². The molecule has 0 fully saturated rings. The first kappa shape index (κ1) is 8.11. The largest absolute Gasteiger partial charge is 0.288 e. The Morgan fingerprint density at radius 3 is 2.73 bits per heavy atom. The Balaban J connectivity index is 2.21. The first-order valence-corrected chi connectivity index (χ1v) is 4.65. The molecule has 0 radical (unpaired) electrons. The van der Waals surface area contributed by atoms with E-state index in [1.165, 1.54) is 0 Å². The second-order valence-corrected chi connectivity index (χ2v) is 3.21. The summed E-state index contributed by atoms with van der Waals surface area (Å²) in [5.74, 6) is 0.622. The van der Waals surface area contributed by atoms with E-state index in [1.54, 1.807) is 6.20 Å². The minimum absolute atomic E-state index is 0.622. The lowest BCUT2D eigenvalue weighted by atomic mass is 10.2. The number of hydrogen-bond donors (Lipinski definition) is 0. The molecule has 0 saturated carbocycles. The summed E-state index contributed by atoms with van der Waals surface area (Å²) in [6, 6.07) is 10.0. The Bertz CT molecular complexity index is 553. The van der Waals surface area contributed by atoms with E-state index in [0.29, 0.717) is 5.78 Å². The van der Waals surface area contributed by atoms with Gasteiger partial charge in [-0.2, -0.15) is 5.10 Å². The molecule has 4 heteroatoms. The molecular formula is C11H8N4. The average Bonchev–Trinajstić information content (AvgIpc) is 2.74. The fourth-order valence-electron chi connectivity index (χ4n) is 1.50. The van der Waals surface area contributed by atoms with Gasteiger partial charge in [0.25, 0.3) is 5.78 Å². The molecule has 0 unspecified atom stereocenters. The van der Waals surface area contributed by atoms with Gasteiger partial charge in [-0.3, -0.25) is 4.40 Å². The van der Waals surface area contributed by atoms with E-state index >= 15 is 0 Å². The zero-order chi connectivity index (χ0) is 10.1. The first-order valence-electron chi connectivity index (χ1n) is 4.65. The number of fused-ring (bicyclic) bond motifs is 1. The second kappa shape index (κ2) is 3.16. The van der Waals surface area contributed by atoms with Crippen molar-refractivity contribution < 1.29 is 0 Å². The number of nitrogens with zero attached hydrogens (tertiary/aromatic N) is 4. The van der Waals surface area contributed by atoms with E-state index in [2.05, 4.69) is 15.2 Å². The van der Waals surface area contributed by atoms with Crippen molar-refractivity contribution in [3.63, 3.8) is 0 Å². The van der Waals surface area contributed by atoms with Gasteiger partial charge in [-0.05, 0) is 0 Å². The van der Waals surface area contributed by atoms with Crippen LogP contribution in [0, 0.1) is 0 Å². The Labute approximate surface area is 86.2 Å². The van der Waals surface area contributed by atoms with Gasteiger partial charge in [0.05, 0.1) is 11.9 Å². The summed E-state index contributed by atoms with van der Waals surface area (Å²) in [6.45, 7) is 0. The van der Waals surface area contributed by atoms with Crippen LogP contribution < -0.4 is 0 Å². The van der Waals surface area contributed by atoms with Crippen LogP contribution in [-0.2, 0) is 0 Å². The highest BCUT2D eigenvalue weighted by molar-refractivity contribution is 5.60. The quantitative estimate of drug-likeness (QED) is 0.596. The van der Waals surface area contributed by atoms with Crippen LogP contribution in [-0.4, -0.2) is 19.6 Å². The highest BCUT2D eigenvalue weighted by Crippen LogP contribution is 2.16. The van der Waals surface area contributed by atoms with Crippen LogP contribution in [0.2, 0.25) is 0 Å². The second-order valence-electron chi connectivity index (χ2n) is 3.21. The average molecular weight is 196 g/mol. The molecule has 0 atom stereocenters. The molecule has 0 bridgehead atoms. The lowest BCUT2D eigenvalue weighted by Crippen LogP contribution is -1.87. The molecule has 2 aromatic heterocycles. The van der Waals surface area contributed by atoms with E-state index in [-0.39, 0.29) is 0 Å². The van der Waals surface area contributed by atoms with Crippen molar-refractivity contribution in [1.29, 1.82) is 0 Å². The molecule has 4 nitrogen and oxygen atoms in total. The van der Waals surface area contributed by atoms with Gasteiger partial charge in [-0.25, -0.2) is 4.98 Å². The van der Waals surface area contributed by atoms with Crippen LogP contribution in [0.1, 0.15) is 0 Å². The Kier molecular flexibility index (Phi) is 1.71. The Morgan fingerprint density at radius 1 is 1.07 bits per heavy atom. The molecule has 0 aliphatic carbocycles. The third-order valence-electron chi connectivity index (χ3n) is 2.22. The van der Waals surface area contributed by atoms with Crippen molar-refractivity contribution in [1.82, 2.24) is 19.6 Å². The van der Waals surface area contributed by atoms with Crippen LogP contribution in [0.4, 0.5) is 0 Å². The summed E-state index contributed by atoms with van der Waals surface area (Å²) in [5.41, 5.74) is 2.00. The lowest BCUT2D eigenvalue weighted by molar-refractivity contribution is 0.966. The molecule has 0 saturated heterocycles. The summed E-state index contributed by atoms with van der Waals surface area (Å²) in [6.07, 6.45) is 5.42. The third kappa shape index (κ3) is 1.36. The normalized spacial score (nSPS) is 10.7. The molecule has 2 heterocycles. The minimum Gasteiger partial charge on any atom is -0.288 e. The predicted octanol–water partition coefficient (Wildman–Crippen LogP) is 1.79. The van der Waals surface area contributed by atoms with Gasteiger partial charge < -0.3 is 0 Å². The van der Waals surface area contributed by atoms with E-state index in [1.807, 2.05) is 47.1 Å². The van der Waals surface area contributed by atoms with Crippen LogP contribution >= 0.6 is 0 Å². The fraction of sp³-hybridized carbons (Fsp3) is 0. The highest BCUT2D eigenvalue weighted by Gasteiger charge is 2.03. The number of imidazole rings is 1. The molecule has 0 aliphatic rings. The van der Waals surface area contributed by atoms with Gasteiger partial charge in [0.1, 0.15) is 0 Å². The number of aromatic nitrogens is 4.